The standard InChI is InChI=1S/C12H22N2O3S/c15-12(11-5-3-6-11)13-7-4-9-14-8-1-2-10-18(14,16)17/h11H,1-10H2,(H,13,15). The number of hydrogen-bond donors (Lipinski definition) is 1. The molecular formula is C12H22N2O3S. The maximum absolute atomic E-state index is 11.7. The molecular weight excluding hydrogens is 252 g/mol. The summed E-state index contributed by atoms with van der Waals surface area (Å²) in [6.07, 6.45) is 5.60. The molecule has 0 atom stereocenters. The van der Waals surface area contributed by atoms with Gasteiger partial charge in [-0.15, -0.1) is 0 Å². The molecule has 1 saturated carbocycles. The Kier molecular flexibility index (Phi) is 4.61. The van der Waals surface area contributed by atoms with E-state index in [1.807, 2.05) is 0 Å². The Morgan fingerprint density at radius 1 is 1.22 bits per heavy atom. The molecule has 5 nitrogen and oxygen atoms in total. The molecule has 0 radical (unpaired) electrons. The highest BCUT2D eigenvalue weighted by molar-refractivity contribution is 7.89. The lowest BCUT2D eigenvalue weighted by Gasteiger charge is -2.27. The zero-order chi connectivity index (χ0) is 13.0. The smallest absolute Gasteiger partial charge is 0.223 e. The molecule has 0 spiro atoms. The maximum atomic E-state index is 11.7. The average Bonchev–Trinajstić information content (AvgIpc) is 2.23. The van der Waals surface area contributed by atoms with Gasteiger partial charge in [0.15, 0.2) is 0 Å². The van der Waals surface area contributed by atoms with Gasteiger partial charge in [0.05, 0.1) is 5.75 Å². The molecule has 0 aromatic rings. The summed E-state index contributed by atoms with van der Waals surface area (Å²) in [7, 11) is -3.01. The second-order valence-electron chi connectivity index (χ2n) is 5.19. The third kappa shape index (κ3) is 3.45. The normalized spacial score (nSPS) is 24.4. The van der Waals surface area contributed by atoms with Gasteiger partial charge >= 0.3 is 0 Å². The zero-order valence-corrected chi connectivity index (χ0v) is 11.5. The van der Waals surface area contributed by atoms with Gasteiger partial charge in [0.25, 0.3) is 0 Å². The van der Waals surface area contributed by atoms with Gasteiger partial charge in [0, 0.05) is 25.6 Å². The van der Waals surface area contributed by atoms with E-state index in [2.05, 4.69) is 5.32 Å². The Morgan fingerprint density at radius 2 is 2.00 bits per heavy atom. The Bertz CT molecular complexity index is 390. The van der Waals surface area contributed by atoms with E-state index in [0.717, 1.165) is 32.1 Å². The van der Waals surface area contributed by atoms with Crippen LogP contribution in [0.25, 0.3) is 0 Å². The van der Waals surface area contributed by atoms with Crippen molar-refractivity contribution in [1.29, 1.82) is 0 Å². The molecule has 1 amide bonds. The van der Waals surface area contributed by atoms with E-state index >= 15 is 0 Å². The predicted molar refractivity (Wildman–Crippen MR) is 69.6 cm³/mol. The minimum absolute atomic E-state index is 0.141. The molecule has 1 saturated heterocycles. The topological polar surface area (TPSA) is 66.5 Å². The van der Waals surface area contributed by atoms with Crippen LogP contribution >= 0.6 is 0 Å². The van der Waals surface area contributed by atoms with Crippen molar-refractivity contribution in [1.82, 2.24) is 9.62 Å². The Hall–Kier alpha value is -0.620. The first kappa shape index (κ1) is 13.8. The second-order valence-corrected chi connectivity index (χ2v) is 7.28. The number of hydrogen-bond acceptors (Lipinski definition) is 3. The highest BCUT2D eigenvalue weighted by Crippen LogP contribution is 2.26. The lowest BCUT2D eigenvalue weighted by molar-refractivity contribution is -0.127. The quantitative estimate of drug-likeness (QED) is 0.751. The van der Waals surface area contributed by atoms with Crippen molar-refractivity contribution in [3.63, 3.8) is 0 Å². The summed E-state index contributed by atoms with van der Waals surface area (Å²) < 4.78 is 25.0. The van der Waals surface area contributed by atoms with E-state index < -0.39 is 10.0 Å². The van der Waals surface area contributed by atoms with Crippen LogP contribution in [0.1, 0.15) is 38.5 Å². The van der Waals surface area contributed by atoms with Crippen molar-refractivity contribution in [2.24, 2.45) is 5.92 Å². The van der Waals surface area contributed by atoms with Gasteiger partial charge in [-0.2, -0.15) is 0 Å². The minimum atomic E-state index is -3.01. The van der Waals surface area contributed by atoms with Crippen molar-refractivity contribution in [2.75, 3.05) is 25.4 Å². The first-order chi connectivity index (χ1) is 8.59. The average molecular weight is 274 g/mol. The molecule has 2 rings (SSSR count). The molecule has 2 aliphatic rings. The largest absolute Gasteiger partial charge is 0.356 e. The highest BCUT2D eigenvalue weighted by Gasteiger charge is 2.26. The van der Waals surface area contributed by atoms with Gasteiger partial charge in [0.1, 0.15) is 0 Å². The molecule has 0 aromatic carbocycles. The summed E-state index contributed by atoms with van der Waals surface area (Å²) in [5, 5.41) is 2.89. The van der Waals surface area contributed by atoms with Gasteiger partial charge in [-0.05, 0) is 32.1 Å². The molecule has 0 unspecified atom stereocenters. The summed E-state index contributed by atoms with van der Waals surface area (Å²) in [5.41, 5.74) is 0. The lowest BCUT2D eigenvalue weighted by atomic mass is 9.85. The lowest BCUT2D eigenvalue weighted by Crippen LogP contribution is -2.40. The number of nitrogens with zero attached hydrogens (tertiary/aromatic N) is 1. The molecule has 18 heavy (non-hydrogen) atoms. The van der Waals surface area contributed by atoms with Gasteiger partial charge in [-0.3, -0.25) is 4.79 Å². The van der Waals surface area contributed by atoms with E-state index in [-0.39, 0.29) is 17.6 Å². The third-order valence-electron chi connectivity index (χ3n) is 3.81. The molecule has 6 heteroatoms. The van der Waals surface area contributed by atoms with Crippen LogP contribution in [0.5, 0.6) is 0 Å². The summed E-state index contributed by atoms with van der Waals surface area (Å²) >= 11 is 0. The second kappa shape index (κ2) is 6.02. The summed E-state index contributed by atoms with van der Waals surface area (Å²) in [6.45, 7) is 1.76. The maximum Gasteiger partial charge on any atom is 0.223 e. The fourth-order valence-electron chi connectivity index (χ4n) is 2.37. The Labute approximate surface area is 109 Å². The Morgan fingerprint density at radius 3 is 2.61 bits per heavy atom. The molecule has 0 aromatic heterocycles. The van der Waals surface area contributed by atoms with E-state index in [1.54, 1.807) is 4.31 Å². The van der Waals surface area contributed by atoms with Crippen LogP contribution in [0.3, 0.4) is 0 Å². The summed E-state index contributed by atoms with van der Waals surface area (Å²) in [5.74, 6) is 0.632. The van der Waals surface area contributed by atoms with Crippen LogP contribution < -0.4 is 5.32 Å². The van der Waals surface area contributed by atoms with Crippen molar-refractivity contribution in [3.05, 3.63) is 0 Å². The van der Waals surface area contributed by atoms with Crippen LogP contribution in [-0.2, 0) is 14.8 Å². The SMILES string of the molecule is O=C(NCCCN1CCCCS1(=O)=O)C1CCC1. The fourth-order valence-corrected chi connectivity index (χ4v) is 4.02. The van der Waals surface area contributed by atoms with E-state index in [9.17, 15) is 13.2 Å². The summed E-state index contributed by atoms with van der Waals surface area (Å²) in [6, 6.07) is 0. The Balaban J connectivity index is 1.64. The van der Waals surface area contributed by atoms with Crippen LogP contribution in [0.2, 0.25) is 0 Å². The fraction of sp³-hybridized carbons (Fsp3) is 0.917. The van der Waals surface area contributed by atoms with Crippen molar-refractivity contribution < 1.29 is 13.2 Å². The zero-order valence-electron chi connectivity index (χ0n) is 10.7. The summed E-state index contributed by atoms with van der Waals surface area (Å²) in [4.78, 5) is 11.6. The number of nitrogens with one attached hydrogen (secondary N) is 1. The van der Waals surface area contributed by atoms with E-state index in [1.165, 1.54) is 0 Å². The van der Waals surface area contributed by atoms with Crippen LogP contribution in [0.15, 0.2) is 0 Å². The van der Waals surface area contributed by atoms with Crippen LogP contribution in [0.4, 0.5) is 0 Å². The van der Waals surface area contributed by atoms with Crippen molar-refractivity contribution >= 4 is 15.9 Å². The molecule has 1 aliphatic carbocycles. The highest BCUT2D eigenvalue weighted by atomic mass is 32.2. The number of carbonyl (C=O) groups is 1. The number of amides is 1. The van der Waals surface area contributed by atoms with E-state index in [4.69, 9.17) is 0 Å². The first-order valence-corrected chi connectivity index (χ1v) is 8.46. The van der Waals surface area contributed by atoms with Crippen LogP contribution in [0, 0.1) is 5.92 Å². The monoisotopic (exact) mass is 274 g/mol. The van der Waals surface area contributed by atoms with E-state index in [0.29, 0.717) is 26.1 Å². The minimum Gasteiger partial charge on any atom is -0.356 e. The number of rotatable bonds is 5. The number of carbonyl (C=O) groups excluding carboxylic acids is 1. The number of sulfonamides is 1. The molecule has 0 bridgehead atoms. The van der Waals surface area contributed by atoms with Gasteiger partial charge < -0.3 is 5.32 Å². The molecule has 1 heterocycles. The van der Waals surface area contributed by atoms with Crippen molar-refractivity contribution in [3.8, 4) is 0 Å². The first-order valence-electron chi connectivity index (χ1n) is 6.85. The predicted octanol–water partition coefficient (Wildman–Crippen LogP) is 0.718. The third-order valence-corrected chi connectivity index (χ3v) is 5.77. The van der Waals surface area contributed by atoms with Crippen molar-refractivity contribution in [2.45, 2.75) is 38.5 Å². The van der Waals surface area contributed by atoms with Gasteiger partial charge in [-0.25, -0.2) is 12.7 Å². The molecule has 2 fully saturated rings. The van der Waals surface area contributed by atoms with Gasteiger partial charge in [-0.1, -0.05) is 6.42 Å². The molecule has 104 valence electrons. The van der Waals surface area contributed by atoms with Gasteiger partial charge in [0.2, 0.25) is 15.9 Å². The molecule has 1 N–H and O–H groups in total. The molecule has 1 aliphatic heterocycles. The van der Waals surface area contributed by atoms with Crippen LogP contribution in [-0.4, -0.2) is 44.0 Å².